The number of nitrogens with one attached hydrogen (secondary N) is 2. The molecule has 3 aromatic rings. The van der Waals surface area contributed by atoms with Crippen LogP contribution in [0.15, 0.2) is 28.8 Å². The maximum absolute atomic E-state index is 13.6. The first kappa shape index (κ1) is 20.8. The Kier molecular flexibility index (Phi) is 5.88. The Hall–Kier alpha value is -2.94. The third-order valence-electron chi connectivity index (χ3n) is 4.50. The lowest BCUT2D eigenvalue weighted by molar-refractivity contribution is 0.0827. The van der Waals surface area contributed by atoms with Crippen LogP contribution in [-0.4, -0.2) is 35.9 Å². The number of halogens is 1. The number of hydrogen-bond donors (Lipinski definition) is 2. The van der Waals surface area contributed by atoms with E-state index in [1.54, 1.807) is 20.2 Å². The molecule has 0 fully saturated rings. The molecule has 0 spiro atoms. The number of hydrogen-bond acceptors (Lipinski definition) is 5. The SMILES string of the molecule is Cc1c(C(NC(=O)Nc2cnc(C(=O)N(C)C)s2)C(C)C)oc2ccc(F)cc12. The van der Waals surface area contributed by atoms with Gasteiger partial charge in [-0.15, -0.1) is 0 Å². The highest BCUT2D eigenvalue weighted by Crippen LogP contribution is 2.33. The van der Waals surface area contributed by atoms with E-state index in [0.717, 1.165) is 16.9 Å². The summed E-state index contributed by atoms with van der Waals surface area (Å²) in [4.78, 5) is 30.0. The summed E-state index contributed by atoms with van der Waals surface area (Å²) in [7, 11) is 3.27. The van der Waals surface area contributed by atoms with Crippen LogP contribution in [0.1, 0.15) is 41.0 Å². The minimum Gasteiger partial charge on any atom is -0.459 e. The Morgan fingerprint density at radius 3 is 2.66 bits per heavy atom. The van der Waals surface area contributed by atoms with E-state index in [9.17, 15) is 14.0 Å². The Morgan fingerprint density at radius 1 is 1.28 bits per heavy atom. The highest BCUT2D eigenvalue weighted by atomic mass is 32.1. The van der Waals surface area contributed by atoms with Crippen molar-refractivity contribution < 1.29 is 18.4 Å². The lowest BCUT2D eigenvalue weighted by atomic mass is 9.98. The van der Waals surface area contributed by atoms with Gasteiger partial charge in [0.15, 0.2) is 5.01 Å². The molecule has 0 radical (unpaired) electrons. The van der Waals surface area contributed by atoms with Gasteiger partial charge in [-0.05, 0) is 31.0 Å². The number of carbonyl (C=O) groups is 2. The lowest BCUT2D eigenvalue weighted by Crippen LogP contribution is -2.35. The molecule has 3 amide bonds. The van der Waals surface area contributed by atoms with Gasteiger partial charge in [0.25, 0.3) is 5.91 Å². The van der Waals surface area contributed by atoms with Crippen LogP contribution in [0.3, 0.4) is 0 Å². The second-order valence-corrected chi connectivity index (χ2v) is 8.31. The van der Waals surface area contributed by atoms with Crippen LogP contribution in [0.4, 0.5) is 14.2 Å². The zero-order valence-corrected chi connectivity index (χ0v) is 17.7. The van der Waals surface area contributed by atoms with E-state index >= 15 is 0 Å². The van der Waals surface area contributed by atoms with Gasteiger partial charge >= 0.3 is 6.03 Å². The average molecular weight is 418 g/mol. The number of amides is 3. The molecule has 0 aliphatic carbocycles. The zero-order valence-electron chi connectivity index (χ0n) is 16.9. The van der Waals surface area contributed by atoms with E-state index < -0.39 is 12.1 Å². The lowest BCUT2D eigenvalue weighted by Gasteiger charge is -2.21. The predicted molar refractivity (Wildman–Crippen MR) is 111 cm³/mol. The average Bonchev–Trinajstić information content (AvgIpc) is 3.24. The Labute approximate surface area is 171 Å². The number of anilines is 1. The number of fused-ring (bicyclic) bond motifs is 1. The predicted octanol–water partition coefficient (Wildman–Crippen LogP) is 4.56. The number of thiazole rings is 1. The molecule has 2 N–H and O–H groups in total. The molecule has 7 nitrogen and oxygen atoms in total. The van der Waals surface area contributed by atoms with Crippen LogP contribution in [0.2, 0.25) is 0 Å². The highest BCUT2D eigenvalue weighted by molar-refractivity contribution is 7.17. The van der Waals surface area contributed by atoms with Crippen molar-refractivity contribution in [2.75, 3.05) is 19.4 Å². The van der Waals surface area contributed by atoms with Crippen LogP contribution in [0.25, 0.3) is 11.0 Å². The van der Waals surface area contributed by atoms with Gasteiger partial charge in [-0.3, -0.25) is 10.1 Å². The Morgan fingerprint density at radius 2 is 2.00 bits per heavy atom. The molecule has 154 valence electrons. The number of carbonyl (C=O) groups excluding carboxylic acids is 2. The Bertz CT molecular complexity index is 1060. The smallest absolute Gasteiger partial charge is 0.320 e. The number of aromatic nitrogens is 1. The van der Waals surface area contributed by atoms with Crippen LogP contribution in [0.5, 0.6) is 0 Å². The number of benzene rings is 1. The van der Waals surface area contributed by atoms with E-state index in [-0.39, 0.29) is 17.6 Å². The van der Waals surface area contributed by atoms with E-state index in [1.807, 2.05) is 20.8 Å². The van der Waals surface area contributed by atoms with E-state index in [0.29, 0.717) is 26.7 Å². The molecule has 3 rings (SSSR count). The normalized spacial score (nSPS) is 12.2. The number of furan rings is 1. The molecule has 1 aromatic carbocycles. The monoisotopic (exact) mass is 418 g/mol. The van der Waals surface area contributed by atoms with E-state index in [4.69, 9.17) is 4.42 Å². The molecule has 0 saturated heterocycles. The van der Waals surface area contributed by atoms with E-state index in [2.05, 4.69) is 15.6 Å². The third-order valence-corrected chi connectivity index (χ3v) is 5.40. The molecule has 29 heavy (non-hydrogen) atoms. The molecule has 2 aromatic heterocycles. The molecule has 2 heterocycles. The summed E-state index contributed by atoms with van der Waals surface area (Å²) in [5, 5.41) is 7.04. The maximum Gasteiger partial charge on any atom is 0.320 e. The van der Waals surface area contributed by atoms with Crippen LogP contribution >= 0.6 is 11.3 Å². The summed E-state index contributed by atoms with van der Waals surface area (Å²) >= 11 is 1.10. The van der Waals surface area contributed by atoms with Crippen LogP contribution in [-0.2, 0) is 0 Å². The highest BCUT2D eigenvalue weighted by Gasteiger charge is 2.26. The number of aryl methyl sites for hydroxylation is 1. The summed E-state index contributed by atoms with van der Waals surface area (Å²) < 4.78 is 19.5. The Balaban J connectivity index is 1.78. The van der Waals surface area contributed by atoms with Gasteiger partial charge in [-0.2, -0.15) is 0 Å². The van der Waals surface area contributed by atoms with Gasteiger partial charge in [0.05, 0.1) is 12.2 Å². The molecule has 9 heteroatoms. The second-order valence-electron chi connectivity index (χ2n) is 7.28. The van der Waals surface area contributed by atoms with Crippen molar-refractivity contribution in [2.45, 2.75) is 26.8 Å². The molecule has 0 bridgehead atoms. The standard InChI is InChI=1S/C20H23FN4O3S/c1-10(2)16(17-11(3)13-8-12(21)6-7-14(13)28-17)24-20(27)23-15-9-22-18(29-15)19(26)25(4)5/h6-10,16H,1-5H3,(H2,23,24,27). The second kappa shape index (κ2) is 8.20. The van der Waals surface area contributed by atoms with E-state index in [1.165, 1.54) is 23.2 Å². The number of nitrogens with zero attached hydrogens (tertiary/aromatic N) is 2. The summed E-state index contributed by atoms with van der Waals surface area (Å²) in [6, 6.07) is 3.49. The molecular formula is C20H23FN4O3S. The van der Waals surface area contributed by atoms with Crippen LogP contribution < -0.4 is 10.6 Å². The minimum atomic E-state index is -0.442. The number of rotatable bonds is 5. The fraction of sp³-hybridized carbons (Fsp3) is 0.350. The summed E-state index contributed by atoms with van der Waals surface area (Å²) in [6.07, 6.45) is 1.45. The summed E-state index contributed by atoms with van der Waals surface area (Å²) in [5.74, 6) is 0.0439. The first-order chi connectivity index (χ1) is 13.7. The fourth-order valence-electron chi connectivity index (χ4n) is 2.95. The molecule has 0 saturated carbocycles. The van der Waals surface area contributed by atoms with Gasteiger partial charge in [-0.1, -0.05) is 25.2 Å². The minimum absolute atomic E-state index is 0.0252. The molecule has 1 unspecified atom stereocenters. The topological polar surface area (TPSA) is 87.5 Å². The van der Waals surface area contributed by atoms with Gasteiger partial charge in [0.2, 0.25) is 0 Å². The van der Waals surface area contributed by atoms with Crippen LogP contribution in [0, 0.1) is 18.7 Å². The largest absolute Gasteiger partial charge is 0.459 e. The number of urea groups is 1. The quantitative estimate of drug-likeness (QED) is 0.636. The van der Waals surface area contributed by atoms with Gasteiger partial charge < -0.3 is 14.6 Å². The van der Waals surface area contributed by atoms with Crippen molar-refractivity contribution in [3.05, 3.63) is 46.5 Å². The molecular weight excluding hydrogens is 395 g/mol. The van der Waals surface area contributed by atoms with Crippen molar-refractivity contribution in [3.63, 3.8) is 0 Å². The van der Waals surface area contributed by atoms with Gasteiger partial charge in [0.1, 0.15) is 22.2 Å². The summed E-state index contributed by atoms with van der Waals surface area (Å²) in [6.45, 7) is 5.76. The maximum atomic E-state index is 13.6. The van der Waals surface area contributed by atoms with Gasteiger partial charge in [-0.25, -0.2) is 14.2 Å². The van der Waals surface area contributed by atoms with Gasteiger partial charge in [0, 0.05) is 25.0 Å². The van der Waals surface area contributed by atoms with Crippen molar-refractivity contribution in [2.24, 2.45) is 5.92 Å². The first-order valence-electron chi connectivity index (χ1n) is 9.11. The molecule has 0 aliphatic heterocycles. The fourth-order valence-corrected chi connectivity index (χ4v) is 3.79. The van der Waals surface area contributed by atoms with Crippen molar-refractivity contribution >= 4 is 39.2 Å². The van der Waals surface area contributed by atoms with Crippen molar-refractivity contribution in [3.8, 4) is 0 Å². The molecule has 0 aliphatic rings. The first-order valence-corrected chi connectivity index (χ1v) is 9.92. The summed E-state index contributed by atoms with van der Waals surface area (Å²) in [5.41, 5.74) is 1.36. The van der Waals surface area contributed by atoms with Crippen molar-refractivity contribution in [1.29, 1.82) is 0 Å². The van der Waals surface area contributed by atoms with Crippen molar-refractivity contribution in [1.82, 2.24) is 15.2 Å². The zero-order chi connectivity index (χ0) is 21.3. The third kappa shape index (κ3) is 4.40. The molecule has 1 atom stereocenters.